The van der Waals surface area contributed by atoms with Crippen molar-refractivity contribution in [3.63, 3.8) is 0 Å². The number of benzene rings is 1. The standard InChI is InChI=1S/C20H26N4O4/c1-14-5-6-16(17(9-14)27-4)28-19-10-18(21-13-22-19)23-7-8-24(15(2)11-23)20(25)12-26-3/h5-6,9-10,13,15H,7-8,11-12H2,1-4H3/t15-/m0/s1. The lowest BCUT2D eigenvalue weighted by molar-refractivity contribution is -0.137. The van der Waals surface area contributed by atoms with Crippen LogP contribution in [0.5, 0.6) is 17.4 Å². The maximum absolute atomic E-state index is 12.1. The number of rotatable bonds is 6. The molecule has 2 aromatic rings. The number of methoxy groups -OCH3 is 2. The average molecular weight is 386 g/mol. The fraction of sp³-hybridized carbons (Fsp3) is 0.450. The molecule has 8 heteroatoms. The predicted molar refractivity (Wildman–Crippen MR) is 105 cm³/mol. The van der Waals surface area contributed by atoms with Gasteiger partial charge >= 0.3 is 0 Å². The van der Waals surface area contributed by atoms with Crippen molar-refractivity contribution in [2.45, 2.75) is 19.9 Å². The van der Waals surface area contributed by atoms with Gasteiger partial charge < -0.3 is 24.0 Å². The van der Waals surface area contributed by atoms with Gasteiger partial charge in [-0.05, 0) is 31.5 Å². The first kappa shape index (κ1) is 19.9. The van der Waals surface area contributed by atoms with Crippen molar-refractivity contribution in [3.05, 3.63) is 36.2 Å². The number of aromatic nitrogens is 2. The van der Waals surface area contributed by atoms with E-state index in [9.17, 15) is 4.79 Å². The zero-order valence-corrected chi connectivity index (χ0v) is 16.7. The van der Waals surface area contributed by atoms with E-state index in [1.165, 1.54) is 13.4 Å². The highest BCUT2D eigenvalue weighted by atomic mass is 16.5. The molecule has 0 radical (unpaired) electrons. The first-order valence-electron chi connectivity index (χ1n) is 9.19. The van der Waals surface area contributed by atoms with Crippen molar-refractivity contribution in [1.82, 2.24) is 14.9 Å². The summed E-state index contributed by atoms with van der Waals surface area (Å²) in [6, 6.07) is 7.59. The van der Waals surface area contributed by atoms with Crippen molar-refractivity contribution >= 4 is 11.7 Å². The number of piperazine rings is 1. The smallest absolute Gasteiger partial charge is 0.248 e. The van der Waals surface area contributed by atoms with Crippen molar-refractivity contribution in [2.24, 2.45) is 0 Å². The first-order valence-corrected chi connectivity index (χ1v) is 9.19. The monoisotopic (exact) mass is 386 g/mol. The second-order valence-electron chi connectivity index (χ2n) is 6.79. The Bertz CT molecular complexity index is 830. The minimum atomic E-state index is 0.00725. The molecule has 2 heterocycles. The summed E-state index contributed by atoms with van der Waals surface area (Å²) in [4.78, 5) is 24.7. The van der Waals surface area contributed by atoms with Gasteiger partial charge in [-0.1, -0.05) is 6.07 Å². The minimum Gasteiger partial charge on any atom is -0.493 e. The lowest BCUT2D eigenvalue weighted by Crippen LogP contribution is -2.55. The van der Waals surface area contributed by atoms with Crippen molar-refractivity contribution in [2.75, 3.05) is 45.4 Å². The Balaban J connectivity index is 1.71. The normalized spacial score (nSPS) is 16.8. The van der Waals surface area contributed by atoms with Gasteiger partial charge in [0.25, 0.3) is 0 Å². The van der Waals surface area contributed by atoms with Crippen molar-refractivity contribution in [3.8, 4) is 17.4 Å². The molecule has 1 aromatic carbocycles. The molecule has 1 fully saturated rings. The van der Waals surface area contributed by atoms with Gasteiger partial charge in [0.1, 0.15) is 18.8 Å². The summed E-state index contributed by atoms with van der Waals surface area (Å²) in [6.45, 7) is 6.11. The number of nitrogens with zero attached hydrogens (tertiary/aromatic N) is 4. The lowest BCUT2D eigenvalue weighted by Gasteiger charge is -2.40. The van der Waals surface area contributed by atoms with Crippen molar-refractivity contribution < 1.29 is 19.0 Å². The molecule has 1 amide bonds. The Kier molecular flexibility index (Phi) is 6.30. The second kappa shape index (κ2) is 8.88. The Labute approximate surface area is 165 Å². The SMILES string of the molecule is COCC(=O)N1CCN(c2cc(Oc3ccc(C)cc3OC)ncn2)C[C@@H]1C. The molecule has 1 aromatic heterocycles. The molecule has 0 aliphatic carbocycles. The second-order valence-corrected chi connectivity index (χ2v) is 6.79. The molecule has 1 atom stereocenters. The number of carbonyl (C=O) groups excluding carboxylic acids is 1. The third-order valence-corrected chi connectivity index (χ3v) is 4.70. The van der Waals surface area contributed by atoms with Gasteiger partial charge in [-0.3, -0.25) is 4.79 Å². The highest BCUT2D eigenvalue weighted by molar-refractivity contribution is 5.78. The topological polar surface area (TPSA) is 77.0 Å². The Morgan fingerprint density at radius 3 is 2.71 bits per heavy atom. The van der Waals surface area contributed by atoms with Crippen LogP contribution in [-0.4, -0.2) is 67.3 Å². The molecule has 28 heavy (non-hydrogen) atoms. The quantitative estimate of drug-likeness (QED) is 0.754. The van der Waals surface area contributed by atoms with Gasteiger partial charge in [-0.25, -0.2) is 9.97 Å². The molecule has 1 aliphatic heterocycles. The Morgan fingerprint density at radius 2 is 2.00 bits per heavy atom. The molecule has 0 N–H and O–H groups in total. The molecular weight excluding hydrogens is 360 g/mol. The van der Waals surface area contributed by atoms with E-state index in [-0.39, 0.29) is 18.6 Å². The van der Waals surface area contributed by atoms with Gasteiger partial charge in [0.05, 0.1) is 7.11 Å². The van der Waals surface area contributed by atoms with Crippen LogP contribution in [0.2, 0.25) is 0 Å². The maximum Gasteiger partial charge on any atom is 0.248 e. The zero-order valence-electron chi connectivity index (χ0n) is 16.7. The van der Waals surface area contributed by atoms with Crippen LogP contribution in [0, 0.1) is 6.92 Å². The molecule has 8 nitrogen and oxygen atoms in total. The Hall–Kier alpha value is -2.87. The highest BCUT2D eigenvalue weighted by Crippen LogP contribution is 2.32. The summed E-state index contributed by atoms with van der Waals surface area (Å²) >= 11 is 0. The van der Waals surface area contributed by atoms with E-state index >= 15 is 0 Å². The van der Waals surface area contributed by atoms with Crippen LogP contribution in [0.25, 0.3) is 0 Å². The van der Waals surface area contributed by atoms with Gasteiger partial charge in [0, 0.05) is 38.9 Å². The van der Waals surface area contributed by atoms with Gasteiger partial charge in [0.2, 0.25) is 11.8 Å². The summed E-state index contributed by atoms with van der Waals surface area (Å²) in [7, 11) is 3.14. The van der Waals surface area contributed by atoms with E-state index in [4.69, 9.17) is 14.2 Å². The largest absolute Gasteiger partial charge is 0.493 e. The van der Waals surface area contributed by atoms with Crippen LogP contribution < -0.4 is 14.4 Å². The summed E-state index contributed by atoms with van der Waals surface area (Å²) in [5.41, 5.74) is 1.09. The molecule has 0 unspecified atom stereocenters. The lowest BCUT2D eigenvalue weighted by atomic mass is 10.2. The van der Waals surface area contributed by atoms with Crippen LogP contribution in [-0.2, 0) is 9.53 Å². The van der Waals surface area contributed by atoms with Gasteiger partial charge in [-0.15, -0.1) is 0 Å². The summed E-state index contributed by atoms with van der Waals surface area (Å²) in [6.07, 6.45) is 1.48. The van der Waals surface area contributed by atoms with E-state index in [0.717, 1.165) is 11.4 Å². The third-order valence-electron chi connectivity index (χ3n) is 4.70. The number of hydrogen-bond donors (Lipinski definition) is 0. The molecular formula is C20H26N4O4. The van der Waals surface area contributed by atoms with Crippen LogP contribution in [0.15, 0.2) is 30.6 Å². The highest BCUT2D eigenvalue weighted by Gasteiger charge is 2.28. The molecule has 1 saturated heterocycles. The van der Waals surface area contributed by atoms with Gasteiger partial charge in [-0.2, -0.15) is 0 Å². The van der Waals surface area contributed by atoms with E-state index in [1.807, 2.05) is 36.9 Å². The number of aryl methyl sites for hydroxylation is 1. The number of hydrogen-bond acceptors (Lipinski definition) is 7. The summed E-state index contributed by atoms with van der Waals surface area (Å²) in [5, 5.41) is 0. The molecule has 0 bridgehead atoms. The molecule has 0 saturated carbocycles. The molecule has 1 aliphatic rings. The average Bonchev–Trinajstić information content (AvgIpc) is 2.69. The Morgan fingerprint density at radius 1 is 1.18 bits per heavy atom. The molecule has 3 rings (SSSR count). The molecule has 150 valence electrons. The van der Waals surface area contributed by atoms with E-state index in [0.29, 0.717) is 37.0 Å². The number of anilines is 1. The van der Waals surface area contributed by atoms with E-state index in [2.05, 4.69) is 14.9 Å². The molecule has 0 spiro atoms. The predicted octanol–water partition coefficient (Wildman–Crippen LogP) is 2.27. The summed E-state index contributed by atoms with van der Waals surface area (Å²) in [5.74, 6) is 2.47. The summed E-state index contributed by atoms with van der Waals surface area (Å²) < 4.78 is 16.3. The number of carbonyl (C=O) groups is 1. The number of ether oxygens (including phenoxy) is 3. The van der Waals surface area contributed by atoms with E-state index < -0.39 is 0 Å². The van der Waals surface area contributed by atoms with E-state index in [1.54, 1.807) is 13.2 Å². The maximum atomic E-state index is 12.1. The van der Waals surface area contributed by atoms with Crippen LogP contribution in [0.4, 0.5) is 5.82 Å². The number of amides is 1. The first-order chi connectivity index (χ1) is 13.5. The third kappa shape index (κ3) is 4.51. The van der Waals surface area contributed by atoms with Gasteiger partial charge in [0.15, 0.2) is 11.5 Å². The van der Waals surface area contributed by atoms with Crippen LogP contribution in [0.3, 0.4) is 0 Å². The fourth-order valence-corrected chi connectivity index (χ4v) is 3.27. The fourth-order valence-electron chi connectivity index (χ4n) is 3.27. The van der Waals surface area contributed by atoms with Crippen LogP contribution in [0.1, 0.15) is 12.5 Å². The minimum absolute atomic E-state index is 0.00725. The zero-order chi connectivity index (χ0) is 20.1. The van der Waals surface area contributed by atoms with Crippen LogP contribution >= 0.6 is 0 Å². The van der Waals surface area contributed by atoms with Crippen molar-refractivity contribution in [1.29, 1.82) is 0 Å².